The zero-order valence-corrected chi connectivity index (χ0v) is 12.0. The van der Waals surface area contributed by atoms with Crippen molar-refractivity contribution in [3.63, 3.8) is 0 Å². The van der Waals surface area contributed by atoms with Crippen molar-refractivity contribution in [1.29, 1.82) is 0 Å². The van der Waals surface area contributed by atoms with E-state index in [1.165, 1.54) is 0 Å². The van der Waals surface area contributed by atoms with Crippen molar-refractivity contribution in [2.45, 2.75) is 33.7 Å². The van der Waals surface area contributed by atoms with Crippen molar-refractivity contribution in [3.8, 4) is 0 Å². The van der Waals surface area contributed by atoms with Crippen LogP contribution in [-0.4, -0.2) is 63.5 Å². The highest BCUT2D eigenvalue weighted by Crippen LogP contribution is 1.94. The highest BCUT2D eigenvalue weighted by Gasteiger charge is 2.09. The molecule has 104 valence electrons. The second kappa shape index (κ2) is 12.3. The Morgan fingerprint density at radius 3 is 1.94 bits per heavy atom. The molecular formula is C13H30N2O2. The molecule has 0 amide bonds. The van der Waals surface area contributed by atoms with Gasteiger partial charge in [-0.05, 0) is 27.3 Å². The fraction of sp³-hybridized carbons (Fsp3) is 1.00. The molecule has 0 bridgehead atoms. The van der Waals surface area contributed by atoms with Crippen LogP contribution in [0, 0.1) is 0 Å². The molecule has 1 atom stereocenters. The van der Waals surface area contributed by atoms with E-state index in [1.54, 1.807) is 0 Å². The third-order valence-corrected chi connectivity index (χ3v) is 2.60. The predicted octanol–water partition coefficient (Wildman–Crippen LogP) is 1.36. The number of rotatable bonds is 12. The molecule has 0 aliphatic rings. The first-order valence-electron chi connectivity index (χ1n) is 6.85. The van der Waals surface area contributed by atoms with Gasteiger partial charge in [0, 0.05) is 38.9 Å². The third-order valence-electron chi connectivity index (χ3n) is 2.60. The monoisotopic (exact) mass is 246 g/mol. The Morgan fingerprint density at radius 2 is 1.53 bits per heavy atom. The van der Waals surface area contributed by atoms with E-state index in [4.69, 9.17) is 9.47 Å². The number of hydrogen-bond acceptors (Lipinski definition) is 4. The topological polar surface area (TPSA) is 33.7 Å². The van der Waals surface area contributed by atoms with Crippen LogP contribution in [0.15, 0.2) is 0 Å². The number of nitrogens with zero attached hydrogens (tertiary/aromatic N) is 1. The van der Waals surface area contributed by atoms with Crippen LogP contribution < -0.4 is 5.32 Å². The standard InChI is InChI=1S/C13H30N2O2/c1-5-14-13(4)12-15(8-10-16-6-2)9-11-17-7-3/h13-14H,5-12H2,1-4H3. The van der Waals surface area contributed by atoms with Gasteiger partial charge >= 0.3 is 0 Å². The van der Waals surface area contributed by atoms with Crippen LogP contribution in [0.2, 0.25) is 0 Å². The normalized spacial score (nSPS) is 13.2. The molecule has 0 fully saturated rings. The summed E-state index contributed by atoms with van der Waals surface area (Å²) in [5, 5.41) is 3.43. The minimum atomic E-state index is 0.517. The summed E-state index contributed by atoms with van der Waals surface area (Å²) in [6.07, 6.45) is 0. The Morgan fingerprint density at radius 1 is 1.00 bits per heavy atom. The second-order valence-electron chi connectivity index (χ2n) is 4.15. The summed E-state index contributed by atoms with van der Waals surface area (Å²) in [6, 6.07) is 0.517. The van der Waals surface area contributed by atoms with Gasteiger partial charge in [0.2, 0.25) is 0 Å². The predicted molar refractivity (Wildman–Crippen MR) is 72.6 cm³/mol. The molecule has 0 aromatic carbocycles. The van der Waals surface area contributed by atoms with E-state index < -0.39 is 0 Å². The molecule has 4 heteroatoms. The van der Waals surface area contributed by atoms with Crippen LogP contribution in [0.3, 0.4) is 0 Å². The van der Waals surface area contributed by atoms with Crippen LogP contribution >= 0.6 is 0 Å². The molecule has 0 spiro atoms. The molecule has 0 aromatic rings. The molecule has 4 nitrogen and oxygen atoms in total. The summed E-state index contributed by atoms with van der Waals surface area (Å²) >= 11 is 0. The molecule has 0 saturated carbocycles. The van der Waals surface area contributed by atoms with Crippen molar-refractivity contribution in [2.24, 2.45) is 0 Å². The van der Waals surface area contributed by atoms with Gasteiger partial charge < -0.3 is 14.8 Å². The van der Waals surface area contributed by atoms with E-state index in [-0.39, 0.29) is 0 Å². The molecule has 0 heterocycles. The van der Waals surface area contributed by atoms with Crippen molar-refractivity contribution in [2.75, 3.05) is 52.6 Å². The fourth-order valence-corrected chi connectivity index (χ4v) is 1.77. The third kappa shape index (κ3) is 10.7. The quantitative estimate of drug-likeness (QED) is 0.527. The van der Waals surface area contributed by atoms with Crippen LogP contribution in [0.4, 0.5) is 0 Å². The molecule has 1 N–H and O–H groups in total. The van der Waals surface area contributed by atoms with Crippen LogP contribution in [-0.2, 0) is 9.47 Å². The summed E-state index contributed by atoms with van der Waals surface area (Å²) in [5.41, 5.74) is 0. The highest BCUT2D eigenvalue weighted by molar-refractivity contribution is 4.67. The van der Waals surface area contributed by atoms with E-state index in [0.29, 0.717) is 6.04 Å². The first kappa shape index (κ1) is 16.8. The minimum absolute atomic E-state index is 0.517. The average molecular weight is 246 g/mol. The smallest absolute Gasteiger partial charge is 0.0593 e. The first-order valence-corrected chi connectivity index (χ1v) is 6.85. The van der Waals surface area contributed by atoms with Gasteiger partial charge in [0.25, 0.3) is 0 Å². The summed E-state index contributed by atoms with van der Waals surface area (Å²) < 4.78 is 10.8. The zero-order valence-electron chi connectivity index (χ0n) is 12.0. The molecule has 0 aliphatic carbocycles. The van der Waals surface area contributed by atoms with Crippen LogP contribution in [0.5, 0.6) is 0 Å². The van der Waals surface area contributed by atoms with E-state index >= 15 is 0 Å². The summed E-state index contributed by atoms with van der Waals surface area (Å²) in [5.74, 6) is 0. The second-order valence-corrected chi connectivity index (χ2v) is 4.15. The first-order chi connectivity index (χ1) is 8.24. The van der Waals surface area contributed by atoms with Crippen molar-refractivity contribution >= 4 is 0 Å². The molecule has 0 saturated heterocycles. The molecule has 17 heavy (non-hydrogen) atoms. The molecule has 0 radical (unpaired) electrons. The van der Waals surface area contributed by atoms with Gasteiger partial charge in [-0.25, -0.2) is 0 Å². The van der Waals surface area contributed by atoms with Crippen LogP contribution in [0.1, 0.15) is 27.7 Å². The van der Waals surface area contributed by atoms with Gasteiger partial charge in [-0.15, -0.1) is 0 Å². The Bertz CT molecular complexity index is 146. The lowest BCUT2D eigenvalue weighted by Crippen LogP contribution is -2.42. The summed E-state index contributed by atoms with van der Waals surface area (Å²) in [6.45, 7) is 15.7. The Hall–Kier alpha value is -0.160. The van der Waals surface area contributed by atoms with Crippen molar-refractivity contribution in [1.82, 2.24) is 10.2 Å². The summed E-state index contributed by atoms with van der Waals surface area (Å²) in [4.78, 5) is 2.40. The lowest BCUT2D eigenvalue weighted by Gasteiger charge is -2.25. The molecule has 0 rings (SSSR count). The molecule has 0 aromatic heterocycles. The maximum Gasteiger partial charge on any atom is 0.0593 e. The van der Waals surface area contributed by atoms with Gasteiger partial charge in [-0.2, -0.15) is 0 Å². The van der Waals surface area contributed by atoms with Crippen LogP contribution in [0.25, 0.3) is 0 Å². The van der Waals surface area contributed by atoms with Gasteiger partial charge in [-0.1, -0.05) is 6.92 Å². The zero-order chi connectivity index (χ0) is 12.9. The maximum absolute atomic E-state index is 5.41. The number of likely N-dealkylation sites (N-methyl/N-ethyl adjacent to an activating group) is 1. The number of nitrogens with one attached hydrogen (secondary N) is 1. The van der Waals surface area contributed by atoms with Crippen molar-refractivity contribution < 1.29 is 9.47 Å². The Labute approximate surface area is 107 Å². The van der Waals surface area contributed by atoms with Gasteiger partial charge in [0.15, 0.2) is 0 Å². The lowest BCUT2D eigenvalue weighted by atomic mass is 10.3. The molecule has 0 aliphatic heterocycles. The van der Waals surface area contributed by atoms with Gasteiger partial charge in [-0.3, -0.25) is 4.90 Å². The number of hydrogen-bond donors (Lipinski definition) is 1. The average Bonchev–Trinajstić information content (AvgIpc) is 2.29. The van der Waals surface area contributed by atoms with E-state index in [0.717, 1.165) is 52.6 Å². The van der Waals surface area contributed by atoms with Gasteiger partial charge in [0.05, 0.1) is 13.2 Å². The maximum atomic E-state index is 5.41. The van der Waals surface area contributed by atoms with E-state index in [1.807, 2.05) is 13.8 Å². The summed E-state index contributed by atoms with van der Waals surface area (Å²) in [7, 11) is 0. The largest absolute Gasteiger partial charge is 0.380 e. The van der Waals surface area contributed by atoms with E-state index in [9.17, 15) is 0 Å². The fourth-order valence-electron chi connectivity index (χ4n) is 1.77. The Kier molecular flexibility index (Phi) is 12.2. The van der Waals surface area contributed by atoms with E-state index in [2.05, 4.69) is 24.1 Å². The molecular weight excluding hydrogens is 216 g/mol. The highest BCUT2D eigenvalue weighted by atomic mass is 16.5. The Balaban J connectivity index is 3.82. The SMILES string of the molecule is CCNC(C)CN(CCOCC)CCOCC. The number of ether oxygens (including phenoxy) is 2. The molecule has 1 unspecified atom stereocenters. The van der Waals surface area contributed by atoms with Crippen molar-refractivity contribution in [3.05, 3.63) is 0 Å². The lowest BCUT2D eigenvalue weighted by molar-refractivity contribution is 0.0794. The van der Waals surface area contributed by atoms with Gasteiger partial charge in [0.1, 0.15) is 0 Å². The minimum Gasteiger partial charge on any atom is -0.380 e.